The lowest BCUT2D eigenvalue weighted by Crippen LogP contribution is -2.48. The number of fused-ring (bicyclic) bond motifs is 1. The molecule has 0 N–H and O–H groups in total. The van der Waals surface area contributed by atoms with Crippen LogP contribution in [0.4, 0.5) is 0 Å². The molecule has 0 bridgehead atoms. The quantitative estimate of drug-likeness (QED) is 0.765. The van der Waals surface area contributed by atoms with Crippen LogP contribution in [0.15, 0.2) is 42.5 Å². The van der Waals surface area contributed by atoms with E-state index in [0.29, 0.717) is 13.2 Å². The highest BCUT2D eigenvalue weighted by Crippen LogP contribution is 2.34. The van der Waals surface area contributed by atoms with Gasteiger partial charge in [-0.25, -0.2) is 0 Å². The van der Waals surface area contributed by atoms with Gasteiger partial charge in [0, 0.05) is 7.11 Å². The third-order valence-electron chi connectivity index (χ3n) is 3.34. The summed E-state index contributed by atoms with van der Waals surface area (Å²) in [5.74, 6) is 0. The first-order valence-corrected chi connectivity index (χ1v) is 5.46. The van der Waals surface area contributed by atoms with Gasteiger partial charge in [-0.2, -0.15) is 0 Å². The molecular formula is C14H14O2. The summed E-state index contributed by atoms with van der Waals surface area (Å²) in [6.07, 6.45) is 0. The Balaban J connectivity index is 2.11. The number of hydrogen-bond donors (Lipinski definition) is 0. The van der Waals surface area contributed by atoms with E-state index >= 15 is 0 Å². The van der Waals surface area contributed by atoms with Crippen molar-refractivity contribution in [2.24, 2.45) is 0 Å². The van der Waals surface area contributed by atoms with Gasteiger partial charge >= 0.3 is 0 Å². The first-order chi connectivity index (χ1) is 7.84. The van der Waals surface area contributed by atoms with Crippen LogP contribution in [0.25, 0.3) is 10.8 Å². The molecule has 0 radical (unpaired) electrons. The van der Waals surface area contributed by atoms with Crippen LogP contribution < -0.4 is 0 Å². The smallest absolute Gasteiger partial charge is 0.139 e. The normalized spacial score (nSPS) is 18.3. The van der Waals surface area contributed by atoms with Crippen molar-refractivity contribution >= 4 is 10.8 Å². The molecule has 1 fully saturated rings. The number of hydrogen-bond acceptors (Lipinski definition) is 2. The summed E-state index contributed by atoms with van der Waals surface area (Å²) in [4.78, 5) is 0. The predicted octanol–water partition coefficient (Wildman–Crippen LogP) is 2.71. The number of ether oxygens (including phenoxy) is 2. The van der Waals surface area contributed by atoms with Crippen molar-refractivity contribution in [3.8, 4) is 0 Å². The second kappa shape index (κ2) is 3.58. The molecular weight excluding hydrogens is 200 g/mol. The summed E-state index contributed by atoms with van der Waals surface area (Å²) in [6, 6.07) is 14.8. The minimum absolute atomic E-state index is 0.218. The molecule has 2 nitrogen and oxygen atoms in total. The molecule has 0 saturated carbocycles. The Morgan fingerprint density at radius 1 is 1.06 bits per heavy atom. The number of benzene rings is 2. The van der Waals surface area contributed by atoms with Crippen LogP contribution in [0.5, 0.6) is 0 Å². The maximum absolute atomic E-state index is 5.58. The average molecular weight is 214 g/mol. The summed E-state index contributed by atoms with van der Waals surface area (Å²) in [5.41, 5.74) is 0.990. The van der Waals surface area contributed by atoms with Crippen molar-refractivity contribution in [3.05, 3.63) is 48.0 Å². The Bertz CT molecular complexity index is 509. The molecule has 1 aliphatic heterocycles. The van der Waals surface area contributed by atoms with Gasteiger partial charge in [-0.3, -0.25) is 0 Å². The molecule has 2 heteroatoms. The molecule has 16 heavy (non-hydrogen) atoms. The Morgan fingerprint density at radius 3 is 2.44 bits per heavy atom. The third kappa shape index (κ3) is 1.34. The summed E-state index contributed by atoms with van der Waals surface area (Å²) >= 11 is 0. The largest absolute Gasteiger partial charge is 0.375 e. The lowest BCUT2D eigenvalue weighted by molar-refractivity contribution is -0.202. The van der Waals surface area contributed by atoms with E-state index in [2.05, 4.69) is 42.5 Å². The van der Waals surface area contributed by atoms with Crippen LogP contribution >= 0.6 is 0 Å². The van der Waals surface area contributed by atoms with E-state index in [4.69, 9.17) is 9.47 Å². The molecule has 1 aliphatic rings. The van der Waals surface area contributed by atoms with E-state index < -0.39 is 0 Å². The molecule has 0 spiro atoms. The highest BCUT2D eigenvalue weighted by Gasteiger charge is 2.40. The summed E-state index contributed by atoms with van der Waals surface area (Å²) in [5, 5.41) is 2.51. The molecule has 0 aliphatic carbocycles. The van der Waals surface area contributed by atoms with Crippen molar-refractivity contribution < 1.29 is 9.47 Å². The predicted molar refractivity (Wildman–Crippen MR) is 63.5 cm³/mol. The van der Waals surface area contributed by atoms with E-state index in [9.17, 15) is 0 Å². The Morgan fingerprint density at radius 2 is 1.81 bits per heavy atom. The van der Waals surface area contributed by atoms with Crippen molar-refractivity contribution in [1.82, 2.24) is 0 Å². The molecule has 0 unspecified atom stereocenters. The Labute approximate surface area is 94.8 Å². The molecule has 1 saturated heterocycles. The molecule has 82 valence electrons. The van der Waals surface area contributed by atoms with Gasteiger partial charge in [0.15, 0.2) is 0 Å². The maximum Gasteiger partial charge on any atom is 0.139 e. The number of methoxy groups -OCH3 is 1. The fourth-order valence-corrected chi connectivity index (χ4v) is 2.16. The standard InChI is InChI=1S/C14H14O2/c1-15-14(9-16-10-14)13-7-6-11-4-2-3-5-12(11)8-13/h2-8H,9-10H2,1H3. The Kier molecular flexibility index (Phi) is 2.20. The third-order valence-corrected chi connectivity index (χ3v) is 3.34. The highest BCUT2D eigenvalue weighted by atomic mass is 16.6. The summed E-state index contributed by atoms with van der Waals surface area (Å²) < 4.78 is 10.9. The maximum atomic E-state index is 5.58. The van der Waals surface area contributed by atoms with Crippen LogP contribution in [-0.2, 0) is 15.1 Å². The Hall–Kier alpha value is -1.38. The summed E-state index contributed by atoms with van der Waals surface area (Å²) in [6.45, 7) is 1.31. The number of rotatable bonds is 2. The second-order valence-corrected chi connectivity index (χ2v) is 4.25. The second-order valence-electron chi connectivity index (χ2n) is 4.25. The molecule has 0 amide bonds. The first-order valence-electron chi connectivity index (χ1n) is 5.46. The summed E-state index contributed by atoms with van der Waals surface area (Å²) in [7, 11) is 1.75. The fourth-order valence-electron chi connectivity index (χ4n) is 2.16. The van der Waals surface area contributed by atoms with Crippen LogP contribution in [0.2, 0.25) is 0 Å². The minimum atomic E-state index is -0.218. The molecule has 0 atom stereocenters. The van der Waals surface area contributed by atoms with Gasteiger partial charge < -0.3 is 9.47 Å². The molecule has 0 aromatic heterocycles. The van der Waals surface area contributed by atoms with E-state index in [1.165, 1.54) is 16.3 Å². The first kappa shape index (κ1) is 9.82. The minimum Gasteiger partial charge on any atom is -0.375 e. The average Bonchev–Trinajstić information content (AvgIpc) is 2.28. The van der Waals surface area contributed by atoms with Crippen molar-refractivity contribution in [2.45, 2.75) is 5.60 Å². The zero-order valence-electron chi connectivity index (χ0n) is 9.27. The van der Waals surface area contributed by atoms with Gasteiger partial charge in [-0.05, 0) is 22.4 Å². The topological polar surface area (TPSA) is 18.5 Å². The van der Waals surface area contributed by atoms with Crippen LogP contribution in [0, 0.1) is 0 Å². The van der Waals surface area contributed by atoms with Gasteiger partial charge in [0.05, 0.1) is 13.2 Å². The van der Waals surface area contributed by atoms with Gasteiger partial charge in [-0.1, -0.05) is 36.4 Å². The fraction of sp³-hybridized carbons (Fsp3) is 0.286. The lowest BCUT2D eigenvalue weighted by Gasteiger charge is -2.40. The zero-order valence-corrected chi connectivity index (χ0v) is 9.27. The van der Waals surface area contributed by atoms with Crippen molar-refractivity contribution in [1.29, 1.82) is 0 Å². The van der Waals surface area contributed by atoms with E-state index in [-0.39, 0.29) is 5.60 Å². The van der Waals surface area contributed by atoms with E-state index in [1.54, 1.807) is 7.11 Å². The van der Waals surface area contributed by atoms with Gasteiger partial charge in [0.1, 0.15) is 5.60 Å². The van der Waals surface area contributed by atoms with Crippen molar-refractivity contribution in [3.63, 3.8) is 0 Å². The molecule has 2 aromatic carbocycles. The molecule has 3 rings (SSSR count). The molecule has 2 aromatic rings. The van der Waals surface area contributed by atoms with Crippen LogP contribution in [0.1, 0.15) is 5.56 Å². The lowest BCUT2D eigenvalue weighted by atomic mass is 9.90. The monoisotopic (exact) mass is 214 g/mol. The van der Waals surface area contributed by atoms with Crippen molar-refractivity contribution in [2.75, 3.05) is 20.3 Å². The van der Waals surface area contributed by atoms with Crippen LogP contribution in [-0.4, -0.2) is 20.3 Å². The molecule has 1 heterocycles. The van der Waals surface area contributed by atoms with Crippen LogP contribution in [0.3, 0.4) is 0 Å². The van der Waals surface area contributed by atoms with Gasteiger partial charge in [0.25, 0.3) is 0 Å². The SMILES string of the molecule is COC1(c2ccc3ccccc3c2)COC1. The zero-order chi connectivity index (χ0) is 11.0. The highest BCUT2D eigenvalue weighted by molar-refractivity contribution is 5.83. The van der Waals surface area contributed by atoms with E-state index in [1.807, 2.05) is 0 Å². The van der Waals surface area contributed by atoms with E-state index in [0.717, 1.165) is 0 Å². The van der Waals surface area contributed by atoms with Gasteiger partial charge in [0.2, 0.25) is 0 Å². The van der Waals surface area contributed by atoms with Gasteiger partial charge in [-0.15, -0.1) is 0 Å².